The second-order valence-electron chi connectivity index (χ2n) is 5.74. The zero-order valence-electron chi connectivity index (χ0n) is 13.7. The van der Waals surface area contributed by atoms with E-state index < -0.39 is 5.25 Å². The molecule has 0 radical (unpaired) electrons. The first kappa shape index (κ1) is 17.7. The molecule has 0 saturated carbocycles. The molecule has 0 aliphatic carbocycles. The topological polar surface area (TPSA) is 96.5 Å². The summed E-state index contributed by atoms with van der Waals surface area (Å²) >= 11 is 4.37. The summed E-state index contributed by atoms with van der Waals surface area (Å²) in [6.45, 7) is 0. The highest BCUT2D eigenvalue weighted by Crippen LogP contribution is 2.35. The summed E-state index contributed by atoms with van der Waals surface area (Å²) in [5, 5.41) is 17.2. The number of aromatic hydroxyl groups is 1. The number of anilines is 1. The molecule has 136 valence electrons. The highest BCUT2D eigenvalue weighted by molar-refractivity contribution is 9.10. The predicted molar refractivity (Wildman–Crippen MR) is 102 cm³/mol. The Morgan fingerprint density at radius 2 is 1.85 bits per heavy atom. The van der Waals surface area contributed by atoms with Crippen LogP contribution in [0.15, 0.2) is 62.6 Å². The van der Waals surface area contributed by atoms with E-state index in [2.05, 4.69) is 26.1 Å². The third-order valence-corrected chi connectivity index (χ3v) is 5.52. The van der Waals surface area contributed by atoms with Crippen molar-refractivity contribution < 1.29 is 19.1 Å². The number of nitrogens with zero attached hydrogens (tertiary/aromatic N) is 3. The number of phenolic OH excluding ortho intramolecular Hbond substituents is 1. The summed E-state index contributed by atoms with van der Waals surface area (Å²) in [6.07, 6.45) is 0.0495. The monoisotopic (exact) mass is 445 g/mol. The largest absolute Gasteiger partial charge is 0.507 e. The number of carbonyl (C=O) groups excluding carboxylic acids is 2. The summed E-state index contributed by atoms with van der Waals surface area (Å²) in [6, 6.07) is 13.5. The fourth-order valence-electron chi connectivity index (χ4n) is 2.70. The number of hydrogen-bond donors (Lipinski definition) is 1. The van der Waals surface area contributed by atoms with Gasteiger partial charge in [0.15, 0.2) is 0 Å². The van der Waals surface area contributed by atoms with E-state index >= 15 is 0 Å². The van der Waals surface area contributed by atoms with E-state index in [1.54, 1.807) is 42.5 Å². The molecule has 1 aliphatic heterocycles. The maximum atomic E-state index is 12.7. The van der Waals surface area contributed by atoms with E-state index in [4.69, 9.17) is 4.42 Å². The molecule has 1 N–H and O–H groups in total. The van der Waals surface area contributed by atoms with Crippen molar-refractivity contribution in [3.05, 3.63) is 53.0 Å². The number of imide groups is 1. The van der Waals surface area contributed by atoms with Gasteiger partial charge in [0.05, 0.1) is 11.3 Å². The summed E-state index contributed by atoms with van der Waals surface area (Å²) in [5.74, 6) is -0.432. The van der Waals surface area contributed by atoms with Gasteiger partial charge in [0, 0.05) is 10.9 Å². The molecule has 1 aliphatic rings. The Morgan fingerprint density at radius 3 is 2.59 bits per heavy atom. The zero-order chi connectivity index (χ0) is 19.0. The molecule has 4 rings (SSSR count). The molecule has 9 heteroatoms. The number of phenols is 1. The van der Waals surface area contributed by atoms with Crippen molar-refractivity contribution in [3.8, 4) is 17.2 Å². The van der Waals surface area contributed by atoms with Crippen LogP contribution in [0.3, 0.4) is 0 Å². The molecule has 0 unspecified atom stereocenters. The molecule has 27 heavy (non-hydrogen) atoms. The van der Waals surface area contributed by atoms with E-state index in [0.717, 1.165) is 16.2 Å². The number of para-hydroxylation sites is 1. The van der Waals surface area contributed by atoms with Crippen molar-refractivity contribution in [2.75, 3.05) is 4.90 Å². The van der Waals surface area contributed by atoms with Crippen LogP contribution in [-0.2, 0) is 9.59 Å². The lowest BCUT2D eigenvalue weighted by molar-refractivity contribution is -0.121. The molecule has 1 atom stereocenters. The first-order valence-electron chi connectivity index (χ1n) is 7.94. The Kier molecular flexibility index (Phi) is 4.71. The Bertz CT molecular complexity index is 1020. The molecule has 2 heterocycles. The van der Waals surface area contributed by atoms with Gasteiger partial charge in [-0.1, -0.05) is 39.8 Å². The fourth-order valence-corrected chi connectivity index (χ4v) is 3.85. The number of thioether (sulfide) groups is 1. The van der Waals surface area contributed by atoms with Crippen LogP contribution < -0.4 is 4.90 Å². The molecule has 2 aromatic carbocycles. The highest BCUT2D eigenvalue weighted by Gasteiger charge is 2.41. The van der Waals surface area contributed by atoms with E-state index in [0.29, 0.717) is 11.3 Å². The zero-order valence-corrected chi connectivity index (χ0v) is 16.1. The Balaban J connectivity index is 1.52. The molecule has 1 saturated heterocycles. The molecule has 0 bridgehead atoms. The van der Waals surface area contributed by atoms with E-state index in [9.17, 15) is 14.7 Å². The SMILES string of the molecule is O=C1C[C@@H](Sc2nnc(-c3ccccc3O)o2)C(=O)N1c1ccc(Br)cc1. The minimum Gasteiger partial charge on any atom is -0.507 e. The van der Waals surface area contributed by atoms with Crippen LogP contribution in [0.4, 0.5) is 5.69 Å². The summed E-state index contributed by atoms with van der Waals surface area (Å²) in [5.41, 5.74) is 0.930. The van der Waals surface area contributed by atoms with Crippen molar-refractivity contribution in [2.45, 2.75) is 16.9 Å². The fraction of sp³-hybridized carbons (Fsp3) is 0.111. The minimum absolute atomic E-state index is 0.0197. The van der Waals surface area contributed by atoms with Gasteiger partial charge in [0.1, 0.15) is 11.0 Å². The van der Waals surface area contributed by atoms with E-state index in [1.165, 1.54) is 11.0 Å². The number of amides is 2. The van der Waals surface area contributed by atoms with Gasteiger partial charge in [0.25, 0.3) is 11.1 Å². The summed E-state index contributed by atoms with van der Waals surface area (Å²) < 4.78 is 6.41. The average Bonchev–Trinajstić information content (AvgIpc) is 3.22. The highest BCUT2D eigenvalue weighted by atomic mass is 79.9. The number of carbonyl (C=O) groups is 2. The van der Waals surface area contributed by atoms with Gasteiger partial charge in [-0.15, -0.1) is 10.2 Å². The Morgan fingerprint density at radius 1 is 1.11 bits per heavy atom. The Labute approximate surface area is 166 Å². The van der Waals surface area contributed by atoms with Crippen molar-refractivity contribution in [2.24, 2.45) is 0 Å². The predicted octanol–water partition coefficient (Wildman–Crippen LogP) is 3.63. The molecular formula is C18H12BrN3O4S. The van der Waals surface area contributed by atoms with Crippen LogP contribution in [0.1, 0.15) is 6.42 Å². The second-order valence-corrected chi connectivity index (χ2v) is 7.81. The molecule has 1 aromatic heterocycles. The van der Waals surface area contributed by atoms with Gasteiger partial charge < -0.3 is 9.52 Å². The average molecular weight is 446 g/mol. The molecule has 7 nitrogen and oxygen atoms in total. The van der Waals surface area contributed by atoms with E-state index in [1.807, 2.05) is 0 Å². The molecule has 0 spiro atoms. The van der Waals surface area contributed by atoms with Crippen molar-refractivity contribution in [1.29, 1.82) is 0 Å². The third kappa shape index (κ3) is 3.47. The van der Waals surface area contributed by atoms with E-state index in [-0.39, 0.29) is 35.1 Å². The lowest BCUT2D eigenvalue weighted by atomic mass is 10.2. The molecule has 3 aromatic rings. The third-order valence-electron chi connectivity index (χ3n) is 3.97. The van der Waals surface area contributed by atoms with Crippen molar-refractivity contribution in [1.82, 2.24) is 10.2 Å². The first-order valence-corrected chi connectivity index (χ1v) is 9.61. The maximum Gasteiger partial charge on any atom is 0.277 e. The first-order chi connectivity index (χ1) is 13.0. The normalized spacial score (nSPS) is 16.9. The van der Waals surface area contributed by atoms with Gasteiger partial charge in [-0.3, -0.25) is 9.59 Å². The van der Waals surface area contributed by atoms with Gasteiger partial charge >= 0.3 is 0 Å². The molecular weight excluding hydrogens is 434 g/mol. The lowest BCUT2D eigenvalue weighted by Crippen LogP contribution is -2.31. The van der Waals surface area contributed by atoms with Crippen LogP contribution in [0.2, 0.25) is 0 Å². The number of aromatic nitrogens is 2. The molecule has 2 amide bonds. The van der Waals surface area contributed by atoms with Crippen LogP contribution in [-0.4, -0.2) is 32.4 Å². The molecule has 1 fully saturated rings. The van der Waals surface area contributed by atoms with Crippen molar-refractivity contribution >= 4 is 45.2 Å². The number of hydrogen-bond acceptors (Lipinski definition) is 7. The Hall–Kier alpha value is -2.65. The number of rotatable bonds is 4. The van der Waals surface area contributed by atoms with Crippen LogP contribution in [0.5, 0.6) is 5.75 Å². The van der Waals surface area contributed by atoms with Crippen molar-refractivity contribution in [3.63, 3.8) is 0 Å². The minimum atomic E-state index is -0.640. The smallest absolute Gasteiger partial charge is 0.277 e. The lowest BCUT2D eigenvalue weighted by Gasteiger charge is -2.14. The van der Waals surface area contributed by atoms with Gasteiger partial charge in [0.2, 0.25) is 11.8 Å². The van der Waals surface area contributed by atoms with Crippen LogP contribution in [0.25, 0.3) is 11.5 Å². The summed E-state index contributed by atoms with van der Waals surface area (Å²) in [7, 11) is 0. The second kappa shape index (κ2) is 7.16. The van der Waals surface area contributed by atoms with Crippen LogP contribution >= 0.6 is 27.7 Å². The van der Waals surface area contributed by atoms with Gasteiger partial charge in [-0.05, 0) is 36.4 Å². The number of halogens is 1. The van der Waals surface area contributed by atoms with Crippen LogP contribution in [0, 0.1) is 0 Å². The number of benzene rings is 2. The van der Waals surface area contributed by atoms with Gasteiger partial charge in [-0.2, -0.15) is 0 Å². The summed E-state index contributed by atoms with van der Waals surface area (Å²) in [4.78, 5) is 26.2. The quantitative estimate of drug-likeness (QED) is 0.612. The van der Waals surface area contributed by atoms with Gasteiger partial charge in [-0.25, -0.2) is 4.90 Å². The standard InChI is InChI=1S/C18H12BrN3O4S/c19-10-5-7-11(8-6-10)22-15(24)9-14(17(22)25)27-18-21-20-16(26-18)12-3-1-2-4-13(12)23/h1-8,14,23H,9H2/t14-/m1/s1. The maximum absolute atomic E-state index is 12.7.